The third-order valence-corrected chi connectivity index (χ3v) is 5.58. The number of benzene rings is 1. The zero-order valence-corrected chi connectivity index (χ0v) is 18.4. The third-order valence-electron chi connectivity index (χ3n) is 5.58. The van der Waals surface area contributed by atoms with Crippen molar-refractivity contribution >= 4 is 5.91 Å². The number of ether oxygens (including phenoxy) is 3. The summed E-state index contributed by atoms with van der Waals surface area (Å²) in [6, 6.07) is 12.8. The zero-order valence-electron chi connectivity index (χ0n) is 18.4. The highest BCUT2D eigenvalue weighted by atomic mass is 16.5. The average molecular weight is 434 g/mol. The van der Waals surface area contributed by atoms with E-state index in [-0.39, 0.29) is 5.91 Å². The number of likely N-dealkylation sites (tertiary alicyclic amines) is 1. The van der Waals surface area contributed by atoms with Gasteiger partial charge in [-0.2, -0.15) is 10.2 Å². The Hall–Kier alpha value is -3.68. The number of aromatic nitrogens is 3. The molecule has 1 aliphatic heterocycles. The Labute approximate surface area is 187 Å². The van der Waals surface area contributed by atoms with Gasteiger partial charge >= 0.3 is 0 Å². The van der Waals surface area contributed by atoms with Gasteiger partial charge in [0, 0.05) is 25.1 Å². The highest BCUT2D eigenvalue weighted by Crippen LogP contribution is 2.33. The molecule has 0 unspecified atom stereocenters. The lowest BCUT2D eigenvalue weighted by atomic mass is 9.93. The molecule has 1 saturated heterocycles. The van der Waals surface area contributed by atoms with E-state index in [4.69, 9.17) is 14.2 Å². The van der Waals surface area contributed by atoms with Crippen molar-refractivity contribution in [2.24, 2.45) is 0 Å². The SMILES string of the molecule is COc1ccc(Oc2cnc(C(=O)N3CCC(c4ccc(C)nn4)CC3)cc2OC)cc1. The van der Waals surface area contributed by atoms with Crippen LogP contribution in [-0.2, 0) is 0 Å². The van der Waals surface area contributed by atoms with Crippen molar-refractivity contribution < 1.29 is 19.0 Å². The molecule has 0 atom stereocenters. The predicted molar refractivity (Wildman–Crippen MR) is 119 cm³/mol. The molecule has 1 aromatic carbocycles. The average Bonchev–Trinajstić information content (AvgIpc) is 2.85. The molecule has 8 heteroatoms. The lowest BCUT2D eigenvalue weighted by Gasteiger charge is -2.31. The number of methoxy groups -OCH3 is 2. The van der Waals surface area contributed by atoms with E-state index in [0.717, 1.165) is 30.0 Å². The van der Waals surface area contributed by atoms with E-state index in [2.05, 4.69) is 15.2 Å². The summed E-state index contributed by atoms with van der Waals surface area (Å²) in [4.78, 5) is 19.2. The van der Waals surface area contributed by atoms with Crippen LogP contribution in [0.5, 0.6) is 23.0 Å². The Balaban J connectivity index is 1.42. The van der Waals surface area contributed by atoms with E-state index in [1.54, 1.807) is 44.6 Å². The van der Waals surface area contributed by atoms with E-state index >= 15 is 0 Å². The normalized spacial score (nSPS) is 14.2. The lowest BCUT2D eigenvalue weighted by Crippen LogP contribution is -2.38. The highest BCUT2D eigenvalue weighted by Gasteiger charge is 2.27. The zero-order chi connectivity index (χ0) is 22.5. The molecule has 3 aromatic rings. The number of pyridine rings is 1. The second-order valence-corrected chi connectivity index (χ2v) is 7.66. The van der Waals surface area contributed by atoms with Crippen molar-refractivity contribution in [2.45, 2.75) is 25.7 Å². The van der Waals surface area contributed by atoms with Crippen LogP contribution < -0.4 is 14.2 Å². The van der Waals surface area contributed by atoms with Gasteiger partial charge < -0.3 is 19.1 Å². The fraction of sp³-hybridized carbons (Fsp3) is 0.333. The first kappa shape index (κ1) is 21.5. The van der Waals surface area contributed by atoms with Crippen LogP contribution >= 0.6 is 0 Å². The van der Waals surface area contributed by atoms with Crippen molar-refractivity contribution in [1.82, 2.24) is 20.1 Å². The van der Waals surface area contributed by atoms with Gasteiger partial charge in [0.15, 0.2) is 11.5 Å². The molecule has 0 N–H and O–H groups in total. The molecule has 1 aliphatic rings. The topological polar surface area (TPSA) is 86.7 Å². The third kappa shape index (κ3) is 4.80. The number of aryl methyl sites for hydroxylation is 1. The first-order valence-electron chi connectivity index (χ1n) is 10.5. The van der Waals surface area contributed by atoms with Gasteiger partial charge in [0.25, 0.3) is 5.91 Å². The smallest absolute Gasteiger partial charge is 0.272 e. The van der Waals surface area contributed by atoms with Crippen molar-refractivity contribution in [3.05, 3.63) is 65.7 Å². The van der Waals surface area contributed by atoms with E-state index in [0.29, 0.717) is 41.9 Å². The maximum atomic E-state index is 13.0. The van der Waals surface area contributed by atoms with E-state index in [1.807, 2.05) is 24.0 Å². The summed E-state index contributed by atoms with van der Waals surface area (Å²) in [5.41, 5.74) is 2.22. The second-order valence-electron chi connectivity index (χ2n) is 7.66. The Morgan fingerprint density at radius 2 is 1.66 bits per heavy atom. The molecule has 3 heterocycles. The molecule has 1 fully saturated rings. The number of amides is 1. The van der Waals surface area contributed by atoms with Crippen molar-refractivity contribution in [3.8, 4) is 23.0 Å². The van der Waals surface area contributed by atoms with Crippen LogP contribution in [0.1, 0.15) is 40.6 Å². The summed E-state index contributed by atoms with van der Waals surface area (Å²) >= 11 is 0. The Bertz CT molecular complexity index is 1060. The Kier molecular flexibility index (Phi) is 6.49. The summed E-state index contributed by atoms with van der Waals surface area (Å²) in [7, 11) is 3.15. The van der Waals surface area contributed by atoms with Gasteiger partial charge in [0.1, 0.15) is 17.2 Å². The van der Waals surface area contributed by atoms with Gasteiger partial charge in [-0.3, -0.25) is 4.79 Å². The molecule has 0 saturated carbocycles. The van der Waals surface area contributed by atoms with Crippen molar-refractivity contribution in [2.75, 3.05) is 27.3 Å². The van der Waals surface area contributed by atoms with Gasteiger partial charge in [0.05, 0.1) is 31.8 Å². The molecule has 1 amide bonds. The molecule has 4 rings (SSSR count). The maximum absolute atomic E-state index is 13.0. The lowest BCUT2D eigenvalue weighted by molar-refractivity contribution is 0.0705. The van der Waals surface area contributed by atoms with Gasteiger partial charge in [-0.1, -0.05) is 0 Å². The Morgan fingerprint density at radius 1 is 0.938 bits per heavy atom. The molecule has 0 radical (unpaired) electrons. The minimum Gasteiger partial charge on any atom is -0.497 e. The first-order chi connectivity index (χ1) is 15.6. The molecule has 32 heavy (non-hydrogen) atoms. The van der Waals surface area contributed by atoms with Crippen molar-refractivity contribution in [1.29, 1.82) is 0 Å². The van der Waals surface area contributed by atoms with Crippen LogP contribution in [0.2, 0.25) is 0 Å². The van der Waals surface area contributed by atoms with Crippen LogP contribution in [0.3, 0.4) is 0 Å². The first-order valence-corrected chi connectivity index (χ1v) is 10.5. The molecule has 0 bridgehead atoms. The van der Waals surface area contributed by atoms with E-state index in [9.17, 15) is 4.79 Å². The number of nitrogens with zero attached hydrogens (tertiary/aromatic N) is 4. The molecular weight excluding hydrogens is 408 g/mol. The van der Waals surface area contributed by atoms with Crippen molar-refractivity contribution in [3.63, 3.8) is 0 Å². The number of rotatable bonds is 6. The number of carbonyl (C=O) groups is 1. The number of hydrogen-bond acceptors (Lipinski definition) is 7. The molecule has 166 valence electrons. The summed E-state index contributed by atoms with van der Waals surface area (Å²) in [6.45, 7) is 3.22. The van der Waals surface area contributed by atoms with Crippen LogP contribution in [0.25, 0.3) is 0 Å². The predicted octanol–water partition coefficient (Wildman–Crippen LogP) is 4.01. The minimum absolute atomic E-state index is 0.118. The maximum Gasteiger partial charge on any atom is 0.272 e. The molecule has 0 spiro atoms. The van der Waals surface area contributed by atoms with E-state index in [1.165, 1.54) is 6.20 Å². The molecule has 2 aromatic heterocycles. The highest BCUT2D eigenvalue weighted by molar-refractivity contribution is 5.93. The number of hydrogen-bond donors (Lipinski definition) is 0. The van der Waals surface area contributed by atoms with Gasteiger partial charge in [-0.05, 0) is 56.2 Å². The quantitative estimate of drug-likeness (QED) is 0.579. The second kappa shape index (κ2) is 9.64. The van der Waals surface area contributed by atoms with Crippen LogP contribution in [-0.4, -0.2) is 53.3 Å². The summed E-state index contributed by atoms with van der Waals surface area (Å²) in [5.74, 6) is 2.44. The van der Waals surface area contributed by atoms with Gasteiger partial charge in [0.2, 0.25) is 0 Å². The monoisotopic (exact) mass is 434 g/mol. The standard InChI is InChI=1S/C24H26N4O4/c1-16-4-9-20(27-26-16)17-10-12-28(13-11-17)24(29)21-14-22(31-3)23(15-25-21)32-19-7-5-18(30-2)6-8-19/h4-9,14-15,17H,10-13H2,1-3H3. The fourth-order valence-electron chi connectivity index (χ4n) is 3.72. The summed E-state index contributed by atoms with van der Waals surface area (Å²) in [5, 5.41) is 8.45. The Morgan fingerprint density at radius 3 is 2.28 bits per heavy atom. The summed E-state index contributed by atoms with van der Waals surface area (Å²) < 4.78 is 16.5. The van der Waals surface area contributed by atoms with Crippen LogP contribution in [0.4, 0.5) is 0 Å². The minimum atomic E-state index is -0.118. The van der Waals surface area contributed by atoms with Gasteiger partial charge in [-0.15, -0.1) is 0 Å². The molecule has 8 nitrogen and oxygen atoms in total. The van der Waals surface area contributed by atoms with Crippen LogP contribution in [0.15, 0.2) is 48.7 Å². The number of carbonyl (C=O) groups excluding carboxylic acids is 1. The van der Waals surface area contributed by atoms with Crippen LogP contribution in [0, 0.1) is 6.92 Å². The number of piperidine rings is 1. The molecular formula is C24H26N4O4. The van der Waals surface area contributed by atoms with Gasteiger partial charge in [-0.25, -0.2) is 4.98 Å². The molecule has 0 aliphatic carbocycles. The largest absolute Gasteiger partial charge is 0.497 e. The van der Waals surface area contributed by atoms with E-state index < -0.39 is 0 Å². The summed E-state index contributed by atoms with van der Waals surface area (Å²) in [6.07, 6.45) is 3.21. The fourth-order valence-corrected chi connectivity index (χ4v) is 3.72.